The van der Waals surface area contributed by atoms with E-state index in [0.29, 0.717) is 12.2 Å². The Morgan fingerprint density at radius 3 is 2.59 bits per heavy atom. The molecule has 1 saturated heterocycles. The third-order valence-corrected chi connectivity index (χ3v) is 5.67. The van der Waals surface area contributed by atoms with Gasteiger partial charge in [-0.1, -0.05) is 38.8 Å². The van der Waals surface area contributed by atoms with Crippen molar-refractivity contribution in [3.63, 3.8) is 0 Å². The van der Waals surface area contributed by atoms with Crippen molar-refractivity contribution in [1.82, 2.24) is 0 Å². The Morgan fingerprint density at radius 2 is 2.00 bits per heavy atom. The van der Waals surface area contributed by atoms with Crippen LogP contribution in [-0.4, -0.2) is 24.4 Å². The minimum Gasteiger partial charge on any atom is -0.374 e. The van der Waals surface area contributed by atoms with Crippen LogP contribution < -0.4 is 0 Å². The molecule has 0 spiro atoms. The van der Waals surface area contributed by atoms with Crippen LogP contribution in [0.2, 0.25) is 0 Å². The second-order valence-electron chi connectivity index (χ2n) is 8.50. The van der Waals surface area contributed by atoms with Gasteiger partial charge in [0.2, 0.25) is 0 Å². The molecule has 2 aliphatic rings. The molecule has 0 bridgehead atoms. The fourth-order valence-electron chi connectivity index (χ4n) is 3.82. The van der Waals surface area contributed by atoms with E-state index in [1.165, 1.54) is 24.8 Å². The Balaban J connectivity index is 1.72. The molecule has 1 aliphatic carbocycles. The van der Waals surface area contributed by atoms with E-state index < -0.39 is 0 Å². The largest absolute Gasteiger partial charge is 0.374 e. The van der Waals surface area contributed by atoms with E-state index in [-0.39, 0.29) is 5.60 Å². The second kappa shape index (κ2) is 7.49. The van der Waals surface area contributed by atoms with Crippen molar-refractivity contribution in [2.75, 3.05) is 6.61 Å². The van der Waals surface area contributed by atoms with Crippen LogP contribution in [0.25, 0.3) is 0 Å². The van der Waals surface area contributed by atoms with E-state index in [2.05, 4.69) is 47.6 Å². The number of hydrogen-bond donors (Lipinski definition) is 0. The Bertz CT molecular complexity index is 383. The smallest absolute Gasteiger partial charge is 0.0892 e. The highest BCUT2D eigenvalue weighted by Gasteiger charge is 2.46. The molecule has 22 heavy (non-hydrogen) atoms. The fourth-order valence-corrected chi connectivity index (χ4v) is 3.82. The van der Waals surface area contributed by atoms with Crippen molar-refractivity contribution >= 4 is 0 Å². The Kier molecular flexibility index (Phi) is 6.13. The molecular weight excluding hydrogens is 272 g/mol. The van der Waals surface area contributed by atoms with E-state index in [1.54, 1.807) is 0 Å². The summed E-state index contributed by atoms with van der Waals surface area (Å²) in [5, 5.41) is 0. The molecule has 0 aromatic heterocycles. The summed E-state index contributed by atoms with van der Waals surface area (Å²) in [6.45, 7) is 14.4. The fraction of sp³-hybridized carbons (Fsp3) is 0.900. The SMILES string of the molecule is C/C(=C\COC1CC(C)CCC1C(C)C)CCC1OC1(C)C. The van der Waals surface area contributed by atoms with Crippen LogP contribution in [0.1, 0.15) is 73.6 Å². The summed E-state index contributed by atoms with van der Waals surface area (Å²) in [4.78, 5) is 0. The van der Waals surface area contributed by atoms with Crippen LogP contribution in [0, 0.1) is 17.8 Å². The van der Waals surface area contributed by atoms with E-state index in [9.17, 15) is 0 Å². The van der Waals surface area contributed by atoms with Gasteiger partial charge in [0.05, 0.1) is 24.4 Å². The summed E-state index contributed by atoms with van der Waals surface area (Å²) >= 11 is 0. The monoisotopic (exact) mass is 308 g/mol. The average molecular weight is 309 g/mol. The zero-order valence-corrected chi connectivity index (χ0v) is 15.5. The molecule has 2 rings (SSSR count). The van der Waals surface area contributed by atoms with Gasteiger partial charge < -0.3 is 9.47 Å². The third-order valence-electron chi connectivity index (χ3n) is 5.67. The van der Waals surface area contributed by atoms with Gasteiger partial charge in [0, 0.05) is 0 Å². The first-order valence-electron chi connectivity index (χ1n) is 9.24. The lowest BCUT2D eigenvalue weighted by atomic mass is 9.75. The van der Waals surface area contributed by atoms with Gasteiger partial charge in [0.25, 0.3) is 0 Å². The highest BCUT2D eigenvalue weighted by molar-refractivity contribution is 5.02. The summed E-state index contributed by atoms with van der Waals surface area (Å²) < 4.78 is 11.9. The van der Waals surface area contributed by atoms with Gasteiger partial charge in [-0.2, -0.15) is 0 Å². The van der Waals surface area contributed by atoms with Crippen molar-refractivity contribution in [1.29, 1.82) is 0 Å². The third kappa shape index (κ3) is 5.09. The van der Waals surface area contributed by atoms with E-state index in [0.717, 1.165) is 37.2 Å². The van der Waals surface area contributed by atoms with E-state index >= 15 is 0 Å². The van der Waals surface area contributed by atoms with Crippen LogP contribution in [0.15, 0.2) is 11.6 Å². The van der Waals surface area contributed by atoms with Crippen LogP contribution in [0.4, 0.5) is 0 Å². The second-order valence-corrected chi connectivity index (χ2v) is 8.50. The molecule has 4 atom stereocenters. The molecule has 1 saturated carbocycles. The van der Waals surface area contributed by atoms with Crippen LogP contribution in [0.5, 0.6) is 0 Å². The maximum absolute atomic E-state index is 6.25. The molecule has 1 aliphatic heterocycles. The van der Waals surface area contributed by atoms with Crippen molar-refractivity contribution in [2.24, 2.45) is 17.8 Å². The maximum atomic E-state index is 6.25. The minimum atomic E-state index is 0.125. The van der Waals surface area contributed by atoms with Crippen molar-refractivity contribution in [3.05, 3.63) is 11.6 Å². The highest BCUT2D eigenvalue weighted by atomic mass is 16.6. The van der Waals surface area contributed by atoms with Crippen LogP contribution >= 0.6 is 0 Å². The highest BCUT2D eigenvalue weighted by Crippen LogP contribution is 2.39. The predicted molar refractivity (Wildman–Crippen MR) is 93.0 cm³/mol. The number of epoxide rings is 1. The minimum absolute atomic E-state index is 0.125. The average Bonchev–Trinajstić information content (AvgIpc) is 3.04. The molecule has 0 aromatic carbocycles. The topological polar surface area (TPSA) is 21.8 Å². The van der Waals surface area contributed by atoms with Crippen molar-refractivity contribution < 1.29 is 9.47 Å². The summed E-state index contributed by atoms with van der Waals surface area (Å²) in [7, 11) is 0. The van der Waals surface area contributed by atoms with Gasteiger partial charge in [-0.25, -0.2) is 0 Å². The van der Waals surface area contributed by atoms with Crippen molar-refractivity contribution in [3.8, 4) is 0 Å². The van der Waals surface area contributed by atoms with Gasteiger partial charge >= 0.3 is 0 Å². The molecule has 2 heteroatoms. The first kappa shape index (κ1) is 18.0. The Morgan fingerprint density at radius 1 is 1.32 bits per heavy atom. The molecule has 2 nitrogen and oxygen atoms in total. The molecule has 0 amide bonds. The quantitative estimate of drug-likeness (QED) is 0.466. The summed E-state index contributed by atoms with van der Waals surface area (Å²) in [6, 6.07) is 0. The molecule has 0 aromatic rings. The molecule has 2 fully saturated rings. The Hall–Kier alpha value is -0.340. The molecule has 128 valence electrons. The van der Waals surface area contributed by atoms with Gasteiger partial charge in [0.15, 0.2) is 0 Å². The van der Waals surface area contributed by atoms with Crippen molar-refractivity contribution in [2.45, 2.75) is 91.5 Å². The first-order chi connectivity index (χ1) is 10.3. The van der Waals surface area contributed by atoms with Gasteiger partial charge in [-0.15, -0.1) is 0 Å². The lowest BCUT2D eigenvalue weighted by Crippen LogP contribution is -2.34. The van der Waals surface area contributed by atoms with Gasteiger partial charge in [0.1, 0.15) is 0 Å². The number of ether oxygens (including phenoxy) is 2. The zero-order valence-electron chi connectivity index (χ0n) is 15.5. The summed E-state index contributed by atoms with van der Waals surface area (Å²) in [5.74, 6) is 2.29. The Labute approximate surface area is 137 Å². The lowest BCUT2D eigenvalue weighted by Gasteiger charge is -2.37. The molecule has 0 radical (unpaired) electrons. The van der Waals surface area contributed by atoms with Crippen LogP contribution in [-0.2, 0) is 9.47 Å². The number of allylic oxidation sites excluding steroid dienone is 1. The van der Waals surface area contributed by atoms with Crippen LogP contribution in [0.3, 0.4) is 0 Å². The number of hydrogen-bond acceptors (Lipinski definition) is 2. The number of rotatable bonds is 7. The zero-order chi connectivity index (χ0) is 16.3. The molecule has 1 heterocycles. The molecular formula is C20H36O2. The normalized spacial score (nSPS) is 35.0. The van der Waals surface area contributed by atoms with E-state index in [1.807, 2.05) is 0 Å². The summed E-state index contributed by atoms with van der Waals surface area (Å²) in [6.07, 6.45) is 9.41. The molecule has 0 N–H and O–H groups in total. The van der Waals surface area contributed by atoms with Gasteiger partial charge in [-0.3, -0.25) is 0 Å². The van der Waals surface area contributed by atoms with E-state index in [4.69, 9.17) is 9.47 Å². The summed E-state index contributed by atoms with van der Waals surface area (Å²) in [5.41, 5.74) is 1.57. The first-order valence-corrected chi connectivity index (χ1v) is 9.24. The molecule has 4 unspecified atom stereocenters. The predicted octanol–water partition coefficient (Wildman–Crippen LogP) is 5.37. The van der Waals surface area contributed by atoms with Gasteiger partial charge in [-0.05, 0) is 64.2 Å². The lowest BCUT2D eigenvalue weighted by molar-refractivity contribution is -0.0264. The maximum Gasteiger partial charge on any atom is 0.0892 e. The standard InChI is InChI=1S/C20H36O2/c1-14(2)17-9-7-16(4)13-18(17)21-12-11-15(3)8-10-19-20(5,6)22-19/h11,14,16-19H,7-10,12-13H2,1-6H3/b15-11+.